The Morgan fingerprint density at radius 1 is 1.19 bits per heavy atom. The van der Waals surface area contributed by atoms with E-state index < -0.39 is 0 Å². The van der Waals surface area contributed by atoms with Crippen LogP contribution in [0.3, 0.4) is 0 Å². The van der Waals surface area contributed by atoms with Gasteiger partial charge in [0.15, 0.2) is 0 Å². The summed E-state index contributed by atoms with van der Waals surface area (Å²) < 4.78 is 0. The quantitative estimate of drug-likeness (QED) is 0.520. The number of nitrogen functional groups attached to an aromatic ring is 1. The smallest absolute Gasteiger partial charge is 0.146 e. The summed E-state index contributed by atoms with van der Waals surface area (Å²) in [6, 6.07) is 1.81. The van der Waals surface area contributed by atoms with Crippen LogP contribution in [0.5, 0.6) is 0 Å². The number of hydrogen-bond donors (Lipinski definition) is 3. The third-order valence-corrected chi connectivity index (χ3v) is 2.61. The van der Waals surface area contributed by atoms with Gasteiger partial charge in [-0.15, -0.1) is 0 Å². The Morgan fingerprint density at radius 3 is 2.56 bits per heavy atom. The van der Waals surface area contributed by atoms with Gasteiger partial charge in [0.25, 0.3) is 0 Å². The van der Waals surface area contributed by atoms with Gasteiger partial charge in [0, 0.05) is 19.2 Å². The van der Waals surface area contributed by atoms with Crippen molar-refractivity contribution < 1.29 is 0 Å². The molecule has 0 radical (unpaired) electrons. The van der Waals surface area contributed by atoms with Crippen molar-refractivity contribution in [1.29, 1.82) is 0 Å². The molecule has 1 fully saturated rings. The lowest BCUT2D eigenvalue weighted by atomic mass is 10.2. The highest BCUT2D eigenvalue weighted by molar-refractivity contribution is 5.46. The van der Waals surface area contributed by atoms with Gasteiger partial charge in [-0.3, -0.25) is 0 Å². The fourth-order valence-electron chi connectivity index (χ4n) is 1.87. The molecule has 88 valence electrons. The molecule has 0 bridgehead atoms. The molecule has 0 aromatic carbocycles. The summed E-state index contributed by atoms with van der Waals surface area (Å²) >= 11 is 0. The van der Waals surface area contributed by atoms with Crippen LogP contribution in [0.25, 0.3) is 0 Å². The zero-order valence-electron chi connectivity index (χ0n) is 9.53. The number of anilines is 2. The Hall–Kier alpha value is -1.40. The van der Waals surface area contributed by atoms with Crippen LogP contribution in [0.15, 0.2) is 6.07 Å². The summed E-state index contributed by atoms with van der Waals surface area (Å²) in [7, 11) is 0. The van der Waals surface area contributed by atoms with Crippen molar-refractivity contribution in [2.45, 2.75) is 26.2 Å². The molecule has 0 spiro atoms. The molecule has 0 aliphatic carbocycles. The van der Waals surface area contributed by atoms with Crippen LogP contribution in [0.2, 0.25) is 0 Å². The number of nitrogens with one attached hydrogen (secondary N) is 2. The number of hydrazine groups is 2. The fraction of sp³-hybridized carbons (Fsp3) is 0.600. The first-order chi connectivity index (χ1) is 7.78. The van der Waals surface area contributed by atoms with Crippen LogP contribution >= 0.6 is 0 Å². The van der Waals surface area contributed by atoms with Gasteiger partial charge in [-0.25, -0.2) is 20.8 Å². The predicted molar refractivity (Wildman–Crippen MR) is 63.6 cm³/mol. The summed E-state index contributed by atoms with van der Waals surface area (Å²) in [5.74, 6) is 7.47. The van der Waals surface area contributed by atoms with Gasteiger partial charge < -0.3 is 10.9 Å². The molecule has 1 aliphatic rings. The summed E-state index contributed by atoms with van der Waals surface area (Å²) in [4.78, 5) is 8.46. The van der Waals surface area contributed by atoms with E-state index in [1.807, 2.05) is 13.0 Å². The fourth-order valence-corrected chi connectivity index (χ4v) is 1.87. The molecule has 6 nitrogen and oxygen atoms in total. The third kappa shape index (κ3) is 2.80. The van der Waals surface area contributed by atoms with Crippen LogP contribution in [0.4, 0.5) is 11.6 Å². The van der Waals surface area contributed by atoms with Crippen molar-refractivity contribution in [3.63, 3.8) is 0 Å². The van der Waals surface area contributed by atoms with Crippen molar-refractivity contribution in [3.05, 3.63) is 11.9 Å². The zero-order chi connectivity index (χ0) is 11.4. The lowest BCUT2D eigenvalue weighted by molar-refractivity contribution is 0.272. The molecule has 6 heteroatoms. The average molecular weight is 222 g/mol. The summed E-state index contributed by atoms with van der Waals surface area (Å²) in [5, 5.41) is 2.19. The molecule has 1 aromatic heterocycles. The van der Waals surface area contributed by atoms with Crippen LogP contribution in [0, 0.1) is 6.92 Å². The topological polar surface area (TPSA) is 79.1 Å². The number of aryl methyl sites for hydroxylation is 1. The monoisotopic (exact) mass is 222 g/mol. The average Bonchev–Trinajstić information content (AvgIpc) is 2.29. The molecule has 16 heavy (non-hydrogen) atoms. The van der Waals surface area contributed by atoms with Crippen LogP contribution in [-0.2, 0) is 0 Å². The summed E-state index contributed by atoms with van der Waals surface area (Å²) in [6.07, 6.45) is 3.79. The molecule has 0 unspecified atom stereocenters. The number of nitrogens with zero attached hydrogens (tertiary/aromatic N) is 3. The normalized spacial score (nSPS) is 17.1. The van der Waals surface area contributed by atoms with E-state index in [1.165, 1.54) is 19.3 Å². The number of hydrogen-bond acceptors (Lipinski definition) is 6. The second-order valence-corrected chi connectivity index (χ2v) is 3.99. The zero-order valence-corrected chi connectivity index (χ0v) is 9.53. The minimum Gasteiger partial charge on any atom is -0.308 e. The second-order valence-electron chi connectivity index (χ2n) is 3.99. The highest BCUT2D eigenvalue weighted by Crippen LogP contribution is 2.13. The van der Waals surface area contributed by atoms with E-state index in [2.05, 4.69) is 25.8 Å². The second kappa shape index (κ2) is 5.09. The predicted octanol–water partition coefficient (Wildman–Crippen LogP) is 0.883. The van der Waals surface area contributed by atoms with E-state index in [-0.39, 0.29) is 0 Å². The van der Waals surface area contributed by atoms with Gasteiger partial charge in [0.05, 0.1) is 0 Å². The van der Waals surface area contributed by atoms with Crippen molar-refractivity contribution in [2.24, 2.45) is 5.84 Å². The largest absolute Gasteiger partial charge is 0.308 e. The first kappa shape index (κ1) is 11.1. The number of nitrogens with two attached hydrogens (primary N) is 1. The van der Waals surface area contributed by atoms with Crippen molar-refractivity contribution in [3.8, 4) is 0 Å². The van der Waals surface area contributed by atoms with Crippen molar-refractivity contribution >= 4 is 11.6 Å². The number of rotatable bonds is 3. The maximum Gasteiger partial charge on any atom is 0.146 e. The van der Waals surface area contributed by atoms with Crippen molar-refractivity contribution in [2.75, 3.05) is 23.9 Å². The lowest BCUT2D eigenvalue weighted by Gasteiger charge is -2.27. The molecule has 2 rings (SSSR count). The van der Waals surface area contributed by atoms with Crippen molar-refractivity contribution in [1.82, 2.24) is 15.0 Å². The molecule has 4 N–H and O–H groups in total. The van der Waals surface area contributed by atoms with Crippen LogP contribution < -0.4 is 16.7 Å². The Kier molecular flexibility index (Phi) is 3.53. The summed E-state index contributed by atoms with van der Waals surface area (Å²) in [6.45, 7) is 3.98. The van der Waals surface area contributed by atoms with E-state index in [9.17, 15) is 0 Å². The van der Waals surface area contributed by atoms with Gasteiger partial charge >= 0.3 is 0 Å². The molecular formula is C10H18N6. The van der Waals surface area contributed by atoms with E-state index in [0.29, 0.717) is 11.6 Å². The summed E-state index contributed by atoms with van der Waals surface area (Å²) in [5.41, 5.74) is 5.82. The minimum absolute atomic E-state index is 0.631. The molecule has 1 aliphatic heterocycles. The van der Waals surface area contributed by atoms with Gasteiger partial charge in [-0.1, -0.05) is 6.42 Å². The first-order valence-electron chi connectivity index (χ1n) is 5.62. The molecule has 0 atom stereocenters. The third-order valence-electron chi connectivity index (χ3n) is 2.61. The Morgan fingerprint density at radius 2 is 1.88 bits per heavy atom. The van der Waals surface area contributed by atoms with Gasteiger partial charge in [-0.05, 0) is 19.8 Å². The van der Waals surface area contributed by atoms with Gasteiger partial charge in [0.2, 0.25) is 0 Å². The Balaban J connectivity index is 2.04. The number of aromatic nitrogens is 2. The highest BCUT2D eigenvalue weighted by atomic mass is 15.5. The molecule has 2 heterocycles. The standard InChI is InChI=1S/C10H18N6/c1-8-12-9(14-11)7-10(13-8)15-16-5-3-2-4-6-16/h7H,2-6,11H2,1H3,(H2,12,13,14,15). The highest BCUT2D eigenvalue weighted by Gasteiger charge is 2.10. The number of piperidine rings is 1. The first-order valence-corrected chi connectivity index (χ1v) is 5.62. The van der Waals surface area contributed by atoms with E-state index in [4.69, 9.17) is 5.84 Å². The molecule has 0 saturated carbocycles. The van der Waals surface area contributed by atoms with Gasteiger partial charge in [-0.2, -0.15) is 0 Å². The molecule has 0 amide bonds. The van der Waals surface area contributed by atoms with Crippen LogP contribution in [-0.4, -0.2) is 28.1 Å². The lowest BCUT2D eigenvalue weighted by Crippen LogP contribution is -2.35. The maximum absolute atomic E-state index is 5.34. The minimum atomic E-state index is 0.631. The Bertz CT molecular complexity index is 347. The molecular weight excluding hydrogens is 204 g/mol. The SMILES string of the molecule is Cc1nc(NN)cc(NN2CCCCC2)n1. The van der Waals surface area contributed by atoms with E-state index in [0.717, 1.165) is 18.9 Å². The molecule has 1 saturated heterocycles. The van der Waals surface area contributed by atoms with Gasteiger partial charge in [0.1, 0.15) is 17.5 Å². The molecule has 1 aromatic rings. The Labute approximate surface area is 95.2 Å². The maximum atomic E-state index is 5.34. The van der Waals surface area contributed by atoms with E-state index in [1.54, 1.807) is 0 Å². The van der Waals surface area contributed by atoms with E-state index >= 15 is 0 Å². The van der Waals surface area contributed by atoms with Crippen LogP contribution in [0.1, 0.15) is 25.1 Å².